The Labute approximate surface area is 223 Å². The highest BCUT2D eigenvalue weighted by atomic mass is 16.5. The molecule has 0 aliphatic carbocycles. The Morgan fingerprint density at radius 1 is 0.974 bits per heavy atom. The van der Waals surface area contributed by atoms with E-state index >= 15 is 0 Å². The molecule has 196 valence electrons. The first-order chi connectivity index (χ1) is 18.4. The molecule has 0 saturated carbocycles. The molecular weight excluding hydrogens is 478 g/mol. The normalized spacial score (nSPS) is 14.6. The number of rotatable bonds is 8. The fourth-order valence-electron chi connectivity index (χ4n) is 5.34. The number of nitrogens with zero attached hydrogens (tertiary/aromatic N) is 2. The van der Waals surface area contributed by atoms with Crippen molar-refractivity contribution < 1.29 is 19.4 Å². The average molecular weight is 512 g/mol. The number of fused-ring (bicyclic) bond motifs is 1. The molecule has 1 atom stereocenters. The number of benzene rings is 3. The summed E-state index contributed by atoms with van der Waals surface area (Å²) in [6, 6.07) is 17.8. The van der Waals surface area contributed by atoms with Crippen LogP contribution in [0.4, 0.5) is 0 Å². The van der Waals surface area contributed by atoms with Gasteiger partial charge in [0.1, 0.15) is 17.1 Å². The van der Waals surface area contributed by atoms with E-state index in [4.69, 9.17) is 9.47 Å². The number of phenols is 1. The van der Waals surface area contributed by atoms with Crippen molar-refractivity contribution in [1.82, 2.24) is 15.1 Å². The lowest BCUT2D eigenvalue weighted by molar-refractivity contribution is 0.0746. The predicted molar refractivity (Wildman–Crippen MR) is 147 cm³/mol. The van der Waals surface area contributed by atoms with Gasteiger partial charge in [0.2, 0.25) is 0 Å². The molecular formula is C31H33N3O4. The molecule has 2 heterocycles. The number of phenolic OH excluding ortho intramolecular Hbond substituents is 1. The number of carbonyl (C=O) groups excluding carboxylic acids is 1. The van der Waals surface area contributed by atoms with E-state index in [1.54, 1.807) is 14.2 Å². The summed E-state index contributed by atoms with van der Waals surface area (Å²) in [7, 11) is 3.23. The highest BCUT2D eigenvalue weighted by molar-refractivity contribution is 6.00. The van der Waals surface area contributed by atoms with E-state index in [0.29, 0.717) is 41.4 Å². The lowest BCUT2D eigenvalue weighted by atomic mass is 9.93. The Balaban J connectivity index is 1.57. The number of hydrogen-bond donors (Lipinski definition) is 2. The minimum absolute atomic E-state index is 0.104. The second kappa shape index (κ2) is 10.2. The van der Waals surface area contributed by atoms with Crippen LogP contribution >= 0.6 is 0 Å². The van der Waals surface area contributed by atoms with Crippen molar-refractivity contribution in [3.8, 4) is 28.5 Å². The Kier molecular flexibility index (Phi) is 6.85. The van der Waals surface area contributed by atoms with Crippen LogP contribution in [-0.2, 0) is 12.8 Å². The SMILES string of the molecule is CCc1ccc([C@@H]2c3c(-c4cc(C)cc(C)c4O)n[nH]c3C(=O)N2CCc2ccc(OC)c(OC)c2)cc1. The average Bonchev–Trinajstić information content (AvgIpc) is 3.47. The van der Waals surface area contributed by atoms with Crippen LogP contribution in [0.25, 0.3) is 11.3 Å². The Bertz CT molecular complexity index is 1490. The summed E-state index contributed by atoms with van der Waals surface area (Å²) in [6.45, 7) is 6.48. The van der Waals surface area contributed by atoms with Gasteiger partial charge in [0.05, 0.1) is 20.3 Å². The quantitative estimate of drug-likeness (QED) is 0.314. The molecule has 38 heavy (non-hydrogen) atoms. The number of methoxy groups -OCH3 is 2. The largest absolute Gasteiger partial charge is 0.507 e. The number of amides is 1. The Hall–Kier alpha value is -4.26. The topological polar surface area (TPSA) is 87.7 Å². The van der Waals surface area contributed by atoms with E-state index in [2.05, 4.69) is 41.4 Å². The minimum atomic E-state index is -0.336. The number of nitrogens with one attached hydrogen (secondary N) is 1. The molecule has 5 rings (SSSR count). The summed E-state index contributed by atoms with van der Waals surface area (Å²) in [6.07, 6.45) is 1.57. The van der Waals surface area contributed by atoms with E-state index in [9.17, 15) is 9.90 Å². The van der Waals surface area contributed by atoms with Crippen LogP contribution in [0.2, 0.25) is 0 Å². The van der Waals surface area contributed by atoms with Gasteiger partial charge >= 0.3 is 0 Å². The number of hydrogen-bond acceptors (Lipinski definition) is 5. The Morgan fingerprint density at radius 2 is 1.68 bits per heavy atom. The summed E-state index contributed by atoms with van der Waals surface area (Å²) in [4.78, 5) is 15.7. The maximum atomic E-state index is 13.8. The van der Waals surface area contributed by atoms with Crippen LogP contribution < -0.4 is 9.47 Å². The van der Waals surface area contributed by atoms with Gasteiger partial charge in [-0.15, -0.1) is 0 Å². The van der Waals surface area contributed by atoms with Crippen LogP contribution in [-0.4, -0.2) is 46.9 Å². The molecule has 1 aliphatic rings. The van der Waals surface area contributed by atoms with Crippen molar-refractivity contribution in [3.05, 3.63) is 93.7 Å². The van der Waals surface area contributed by atoms with Crippen LogP contribution in [0.15, 0.2) is 54.6 Å². The minimum Gasteiger partial charge on any atom is -0.507 e. The summed E-state index contributed by atoms with van der Waals surface area (Å²) in [5.74, 6) is 1.40. The van der Waals surface area contributed by atoms with E-state index in [1.165, 1.54) is 5.56 Å². The molecule has 1 aromatic heterocycles. The third-order valence-electron chi connectivity index (χ3n) is 7.36. The zero-order chi connectivity index (χ0) is 27.0. The first kappa shape index (κ1) is 25.4. The number of aromatic hydroxyl groups is 1. The van der Waals surface area contributed by atoms with Crippen molar-refractivity contribution in [3.63, 3.8) is 0 Å². The highest BCUT2D eigenvalue weighted by Gasteiger charge is 2.42. The van der Waals surface area contributed by atoms with E-state index in [-0.39, 0.29) is 17.7 Å². The summed E-state index contributed by atoms with van der Waals surface area (Å²) >= 11 is 0. The molecule has 2 N–H and O–H groups in total. The maximum absolute atomic E-state index is 13.8. The smallest absolute Gasteiger partial charge is 0.273 e. The summed E-state index contributed by atoms with van der Waals surface area (Å²) in [5, 5.41) is 18.5. The van der Waals surface area contributed by atoms with Gasteiger partial charge in [0.15, 0.2) is 11.5 Å². The first-order valence-corrected chi connectivity index (χ1v) is 12.9. The van der Waals surface area contributed by atoms with E-state index in [0.717, 1.165) is 34.2 Å². The first-order valence-electron chi connectivity index (χ1n) is 12.9. The van der Waals surface area contributed by atoms with Gasteiger partial charge in [0, 0.05) is 17.7 Å². The third kappa shape index (κ3) is 4.38. The van der Waals surface area contributed by atoms with Crippen molar-refractivity contribution in [2.75, 3.05) is 20.8 Å². The van der Waals surface area contributed by atoms with E-state index in [1.807, 2.05) is 49.1 Å². The highest BCUT2D eigenvalue weighted by Crippen LogP contribution is 2.45. The Morgan fingerprint density at radius 3 is 2.37 bits per heavy atom. The number of aromatic amines is 1. The molecule has 7 nitrogen and oxygen atoms in total. The van der Waals surface area contributed by atoms with Gasteiger partial charge in [0.25, 0.3) is 5.91 Å². The molecule has 0 saturated heterocycles. The third-order valence-corrected chi connectivity index (χ3v) is 7.36. The number of ether oxygens (including phenoxy) is 2. The maximum Gasteiger partial charge on any atom is 0.273 e. The van der Waals surface area contributed by atoms with Crippen LogP contribution in [0.5, 0.6) is 17.2 Å². The van der Waals surface area contributed by atoms with Crippen LogP contribution in [0, 0.1) is 13.8 Å². The van der Waals surface area contributed by atoms with E-state index < -0.39 is 0 Å². The molecule has 0 fully saturated rings. The van der Waals surface area contributed by atoms with Gasteiger partial charge in [-0.3, -0.25) is 9.89 Å². The van der Waals surface area contributed by atoms with Crippen LogP contribution in [0.3, 0.4) is 0 Å². The molecule has 7 heteroatoms. The van der Waals surface area contributed by atoms with Crippen LogP contribution in [0.1, 0.15) is 56.8 Å². The fraction of sp³-hybridized carbons (Fsp3) is 0.290. The van der Waals surface area contributed by atoms with Gasteiger partial charge in [-0.1, -0.05) is 43.3 Å². The molecule has 3 aromatic carbocycles. The van der Waals surface area contributed by atoms with Gasteiger partial charge in [-0.25, -0.2) is 0 Å². The molecule has 0 spiro atoms. The standard InChI is InChI=1S/C31H33N3O4/c1-6-20-7-10-22(11-8-20)29-26-27(23-16-18(2)15-19(3)30(23)35)32-33-28(26)31(36)34(29)14-13-21-9-12-24(37-4)25(17-21)38-5/h7-12,15-17,29,35H,6,13-14H2,1-5H3,(H,32,33)/t29-/m1/s1. The number of H-pyrrole nitrogens is 1. The number of aryl methyl sites for hydroxylation is 3. The lowest BCUT2D eigenvalue weighted by Crippen LogP contribution is -2.31. The monoisotopic (exact) mass is 511 g/mol. The number of aromatic nitrogens is 2. The van der Waals surface area contributed by atoms with Crippen molar-refractivity contribution >= 4 is 5.91 Å². The predicted octanol–water partition coefficient (Wildman–Crippen LogP) is 5.77. The molecule has 0 unspecified atom stereocenters. The fourth-order valence-corrected chi connectivity index (χ4v) is 5.34. The molecule has 0 radical (unpaired) electrons. The second-order valence-corrected chi connectivity index (χ2v) is 9.77. The zero-order valence-corrected chi connectivity index (χ0v) is 22.5. The van der Waals surface area contributed by atoms with Crippen molar-refractivity contribution in [2.24, 2.45) is 0 Å². The van der Waals surface area contributed by atoms with Gasteiger partial charge < -0.3 is 19.5 Å². The molecule has 1 aliphatic heterocycles. The van der Waals surface area contributed by atoms with Gasteiger partial charge in [-0.05, 0) is 72.7 Å². The zero-order valence-electron chi connectivity index (χ0n) is 22.5. The van der Waals surface area contributed by atoms with Gasteiger partial charge in [-0.2, -0.15) is 5.10 Å². The second-order valence-electron chi connectivity index (χ2n) is 9.77. The number of carbonyl (C=O) groups is 1. The summed E-state index contributed by atoms with van der Waals surface area (Å²) < 4.78 is 10.8. The molecule has 1 amide bonds. The van der Waals surface area contributed by atoms with Crippen molar-refractivity contribution in [2.45, 2.75) is 39.7 Å². The molecule has 4 aromatic rings. The summed E-state index contributed by atoms with van der Waals surface area (Å²) in [5.41, 5.74) is 7.57. The molecule has 0 bridgehead atoms. The van der Waals surface area contributed by atoms with Crippen molar-refractivity contribution in [1.29, 1.82) is 0 Å². The lowest BCUT2D eigenvalue weighted by Gasteiger charge is -2.27.